The third kappa shape index (κ3) is 5.96. The summed E-state index contributed by atoms with van der Waals surface area (Å²) in [5.74, 6) is 0. The fraction of sp³-hybridized carbons (Fsp3) is 0.0435. The topological polar surface area (TPSA) is 0 Å². The van der Waals surface area contributed by atoms with Crippen molar-refractivity contribution in [3.8, 4) is 0 Å². The van der Waals surface area contributed by atoms with Gasteiger partial charge in [-0.2, -0.15) is 0 Å². The largest absolute Gasteiger partial charge is 0.117 e. The second-order valence-electron chi connectivity index (χ2n) is 12.4. The van der Waals surface area contributed by atoms with Gasteiger partial charge in [0.05, 0.1) is 6.16 Å². The highest BCUT2D eigenvalue weighted by Crippen LogP contribution is 2.60. The van der Waals surface area contributed by atoms with E-state index in [1.165, 1.54) is 64.5 Å². The number of halogens is 1. The van der Waals surface area contributed by atoms with Gasteiger partial charge in [0.2, 0.25) is 0 Å². The van der Waals surface area contributed by atoms with Crippen LogP contribution in [-0.4, -0.2) is 0 Å². The molecule has 0 amide bonds. The molecule has 0 nitrogen and oxygen atoms in total. The van der Waals surface area contributed by atoms with Crippen LogP contribution in [0.2, 0.25) is 0 Å². The van der Waals surface area contributed by atoms with E-state index in [-0.39, 0.29) is 0 Å². The number of fused-ring (bicyclic) bond motifs is 2. The molecule has 0 aliphatic carbocycles. The minimum atomic E-state index is -2.31. The van der Waals surface area contributed by atoms with Crippen LogP contribution in [0.25, 0.3) is 21.5 Å². The molecule has 0 aromatic heterocycles. The Labute approximate surface area is 299 Å². The van der Waals surface area contributed by atoms with Crippen molar-refractivity contribution in [2.75, 3.05) is 0 Å². The molecule has 0 N–H and O–H groups in total. The van der Waals surface area contributed by atoms with Gasteiger partial charge in [0.1, 0.15) is 23.2 Å². The molecule has 0 bridgehead atoms. The maximum Gasteiger partial charge on any atom is 0.117 e. The summed E-state index contributed by atoms with van der Waals surface area (Å²) < 4.78 is 0. The molecule has 0 spiro atoms. The van der Waals surface area contributed by atoms with Crippen molar-refractivity contribution < 1.29 is 0 Å². The zero-order chi connectivity index (χ0) is 33.0. The molecule has 8 aromatic rings. The van der Waals surface area contributed by atoms with Crippen molar-refractivity contribution in [2.24, 2.45) is 0 Å². The van der Waals surface area contributed by atoms with Crippen LogP contribution in [0.1, 0.15) is 11.1 Å². The quantitative estimate of drug-likeness (QED) is 0.103. The monoisotopic (exact) mass is 729 g/mol. The van der Waals surface area contributed by atoms with Crippen LogP contribution >= 0.6 is 31.1 Å². The van der Waals surface area contributed by atoms with Crippen LogP contribution in [0.15, 0.2) is 194 Å². The lowest BCUT2D eigenvalue weighted by Gasteiger charge is -2.31. The Morgan fingerprint density at radius 2 is 0.857 bits per heavy atom. The van der Waals surface area contributed by atoms with Crippen molar-refractivity contribution in [1.29, 1.82) is 0 Å². The molecule has 0 fully saturated rings. The molecule has 49 heavy (non-hydrogen) atoms. The average Bonchev–Trinajstić information content (AvgIpc) is 3.18. The van der Waals surface area contributed by atoms with E-state index < -0.39 is 15.2 Å². The Hall–Kier alpha value is -4.38. The molecule has 0 atom stereocenters. The summed E-state index contributed by atoms with van der Waals surface area (Å²) in [5, 5.41) is 14.6. The molecular formula is C46H36BrP2+. The summed E-state index contributed by atoms with van der Waals surface area (Å²) in [6.07, 6.45) is 0.921. The van der Waals surface area contributed by atoms with E-state index in [2.05, 4.69) is 210 Å². The Bertz CT molecular complexity index is 2250. The van der Waals surface area contributed by atoms with Gasteiger partial charge < -0.3 is 0 Å². The van der Waals surface area contributed by atoms with Crippen molar-refractivity contribution in [3.05, 3.63) is 205 Å². The summed E-state index contributed by atoms with van der Waals surface area (Å²) in [4.78, 5) is 0. The van der Waals surface area contributed by atoms with E-state index in [1.807, 2.05) is 0 Å². The molecule has 3 heteroatoms. The molecule has 0 radical (unpaired) electrons. The predicted molar refractivity (Wildman–Crippen MR) is 222 cm³/mol. The Kier molecular flexibility index (Phi) is 9.25. The van der Waals surface area contributed by atoms with E-state index in [1.54, 1.807) is 0 Å². The van der Waals surface area contributed by atoms with Gasteiger partial charge in [0.25, 0.3) is 0 Å². The van der Waals surface area contributed by atoms with E-state index in [4.69, 9.17) is 0 Å². The highest BCUT2D eigenvalue weighted by atomic mass is 79.9. The zero-order valence-electron chi connectivity index (χ0n) is 27.2. The number of hydrogen-bond donors (Lipinski definition) is 0. The zero-order valence-corrected chi connectivity index (χ0v) is 30.5. The lowest BCUT2D eigenvalue weighted by atomic mass is 10.0. The van der Waals surface area contributed by atoms with E-state index in [0.717, 1.165) is 11.5 Å². The second kappa shape index (κ2) is 14.2. The standard InChI is InChI=1S/C46H36BrP2/c47-33-37-21-13-17-35-18-14-22-38(45(35)37)34-49(41-27-9-3-10-28-41,42-29-11-4-12-30-42)44-32-16-20-36-19-15-31-43(46(36)44)48(39-23-5-1-6-24-39)40-25-7-2-8-26-40/h1-32H,33-34H2/q+1. The molecule has 0 aliphatic rings. The van der Waals surface area contributed by atoms with E-state index in [0.29, 0.717) is 0 Å². The smallest absolute Gasteiger partial charge is 0.0876 e. The number of rotatable bonds is 9. The van der Waals surface area contributed by atoms with Gasteiger partial charge in [-0.25, -0.2) is 0 Å². The normalized spacial score (nSPS) is 11.7. The second-order valence-corrected chi connectivity index (χ2v) is 18.6. The summed E-state index contributed by atoms with van der Waals surface area (Å²) in [7, 11) is -3.14. The maximum absolute atomic E-state index is 3.84. The van der Waals surface area contributed by atoms with Gasteiger partial charge in [0.15, 0.2) is 0 Å². The maximum atomic E-state index is 3.84. The first-order valence-electron chi connectivity index (χ1n) is 16.8. The average molecular weight is 731 g/mol. The van der Waals surface area contributed by atoms with Crippen LogP contribution in [0.5, 0.6) is 0 Å². The minimum Gasteiger partial charge on any atom is -0.0876 e. The molecular weight excluding hydrogens is 694 g/mol. The summed E-state index contributed by atoms with van der Waals surface area (Å²) in [6.45, 7) is 0. The third-order valence-electron chi connectivity index (χ3n) is 9.56. The lowest BCUT2D eigenvalue weighted by molar-refractivity contribution is 1.39. The number of hydrogen-bond acceptors (Lipinski definition) is 0. The third-order valence-corrected chi connectivity index (χ3v) is 17.0. The van der Waals surface area contributed by atoms with E-state index in [9.17, 15) is 0 Å². The van der Waals surface area contributed by atoms with Crippen LogP contribution in [0, 0.1) is 0 Å². The first-order valence-corrected chi connectivity index (χ1v) is 21.2. The van der Waals surface area contributed by atoms with Gasteiger partial charge in [-0.1, -0.05) is 180 Å². The fourth-order valence-electron chi connectivity index (χ4n) is 7.45. The highest BCUT2D eigenvalue weighted by Gasteiger charge is 2.47. The molecule has 8 rings (SSSR count). The van der Waals surface area contributed by atoms with Crippen LogP contribution < -0.4 is 31.8 Å². The SMILES string of the molecule is BrCc1cccc2cccc(C[P+](c3ccccc3)(c3ccccc3)c3cccc4cccc(P(c5ccccc5)c5ccccc5)c34)c12. The molecule has 0 saturated carbocycles. The molecule has 0 aliphatic heterocycles. The summed E-state index contributed by atoms with van der Waals surface area (Å²) in [6, 6.07) is 72.7. The predicted octanol–water partition coefficient (Wildman–Crippen LogP) is 10.1. The fourth-order valence-corrected chi connectivity index (χ4v) is 15.0. The Morgan fingerprint density at radius 1 is 0.408 bits per heavy atom. The van der Waals surface area contributed by atoms with Gasteiger partial charge in [-0.3, -0.25) is 0 Å². The molecule has 0 unspecified atom stereocenters. The van der Waals surface area contributed by atoms with Crippen LogP contribution in [0.4, 0.5) is 0 Å². The molecule has 0 heterocycles. The minimum absolute atomic E-state index is 0.820. The van der Waals surface area contributed by atoms with Crippen LogP contribution in [-0.2, 0) is 11.5 Å². The first-order chi connectivity index (χ1) is 24.3. The van der Waals surface area contributed by atoms with Gasteiger partial charge in [-0.05, 0) is 81.5 Å². The number of alkyl halides is 1. The van der Waals surface area contributed by atoms with Crippen molar-refractivity contribution in [1.82, 2.24) is 0 Å². The van der Waals surface area contributed by atoms with E-state index >= 15 is 0 Å². The molecule has 236 valence electrons. The lowest BCUT2D eigenvalue weighted by Crippen LogP contribution is -2.35. The Balaban J connectivity index is 1.50. The van der Waals surface area contributed by atoms with Gasteiger partial charge in [0, 0.05) is 10.7 Å². The van der Waals surface area contributed by atoms with Crippen molar-refractivity contribution in [2.45, 2.75) is 11.5 Å². The molecule has 8 aromatic carbocycles. The Morgan fingerprint density at radius 3 is 1.39 bits per heavy atom. The first kappa shape index (κ1) is 31.9. The highest BCUT2D eigenvalue weighted by molar-refractivity contribution is 9.08. The van der Waals surface area contributed by atoms with Gasteiger partial charge in [-0.15, -0.1) is 0 Å². The molecule has 0 saturated heterocycles. The number of benzene rings is 8. The van der Waals surface area contributed by atoms with Crippen LogP contribution in [0.3, 0.4) is 0 Å². The van der Waals surface area contributed by atoms with Crippen molar-refractivity contribution >= 4 is 84.5 Å². The van der Waals surface area contributed by atoms with Crippen molar-refractivity contribution in [3.63, 3.8) is 0 Å². The van der Waals surface area contributed by atoms with Gasteiger partial charge >= 0.3 is 0 Å². The summed E-state index contributed by atoms with van der Waals surface area (Å²) >= 11 is 3.84. The summed E-state index contributed by atoms with van der Waals surface area (Å²) in [5.41, 5.74) is 2.74.